The number of rotatable bonds is 10. The first-order valence-electron chi connectivity index (χ1n) is 12.3. The molecule has 8 nitrogen and oxygen atoms in total. The molecule has 4 N–H and O–H groups in total. The number of hydrogen-bond acceptors (Lipinski definition) is 5. The maximum absolute atomic E-state index is 14.2. The van der Waals surface area contributed by atoms with E-state index in [4.69, 9.17) is 15.2 Å². The zero-order valence-electron chi connectivity index (χ0n) is 21.2. The number of nitrogens with two attached hydrogens (primary N) is 1. The smallest absolute Gasteiger partial charge is 0.245 e. The van der Waals surface area contributed by atoms with Crippen molar-refractivity contribution in [2.24, 2.45) is 16.6 Å². The Labute approximate surface area is 215 Å². The first-order valence-corrected chi connectivity index (χ1v) is 12.3. The summed E-state index contributed by atoms with van der Waals surface area (Å²) in [7, 11) is 2.80. The van der Waals surface area contributed by atoms with Crippen LogP contribution in [-0.2, 0) is 22.6 Å². The third-order valence-corrected chi connectivity index (χ3v) is 6.44. The molecule has 1 atom stereocenters. The summed E-state index contributed by atoms with van der Waals surface area (Å²) < 4.78 is 37.9. The standard InChI is InChI=1S/C27H34F2N4O4/c1-36-20-10-9-19(22(29)15-20)14-25(34)33-27(30)32-23(12-17-6-4-3-5-7-17)26(35)31-16-18-8-11-21(28)24(13-18)37-2/h8-11,13,15,17,23H,3-7,12,14,16H2,1-2H3,(H,31,35)(H3,30,32,33,34)/t23-/m1/s1. The van der Waals surface area contributed by atoms with Gasteiger partial charge in [0.1, 0.15) is 17.6 Å². The Balaban J connectivity index is 1.66. The molecule has 0 aromatic heterocycles. The predicted molar refractivity (Wildman–Crippen MR) is 136 cm³/mol. The highest BCUT2D eigenvalue weighted by atomic mass is 19.1. The van der Waals surface area contributed by atoms with Gasteiger partial charge in [-0.25, -0.2) is 13.8 Å². The molecule has 2 aromatic rings. The summed E-state index contributed by atoms with van der Waals surface area (Å²) >= 11 is 0. The van der Waals surface area contributed by atoms with Crippen molar-refractivity contribution in [3.63, 3.8) is 0 Å². The molecule has 1 aliphatic rings. The summed E-state index contributed by atoms with van der Waals surface area (Å²) in [6, 6.07) is 7.75. The van der Waals surface area contributed by atoms with Gasteiger partial charge in [-0.15, -0.1) is 0 Å². The Morgan fingerprint density at radius 2 is 1.81 bits per heavy atom. The molecule has 2 amide bonds. The Hall–Kier alpha value is -3.69. The van der Waals surface area contributed by atoms with Crippen molar-refractivity contribution in [2.75, 3.05) is 14.2 Å². The quantitative estimate of drug-likeness (QED) is 0.330. The number of amides is 2. The van der Waals surface area contributed by atoms with Crippen LogP contribution in [0.1, 0.15) is 49.7 Å². The zero-order valence-corrected chi connectivity index (χ0v) is 21.2. The lowest BCUT2D eigenvalue weighted by molar-refractivity contribution is -0.123. The topological polar surface area (TPSA) is 115 Å². The molecule has 2 aromatic carbocycles. The lowest BCUT2D eigenvalue weighted by Gasteiger charge is -2.24. The van der Waals surface area contributed by atoms with Gasteiger partial charge in [-0.3, -0.25) is 14.9 Å². The van der Waals surface area contributed by atoms with Gasteiger partial charge in [0.2, 0.25) is 11.8 Å². The molecule has 1 saturated carbocycles. The fourth-order valence-corrected chi connectivity index (χ4v) is 4.44. The van der Waals surface area contributed by atoms with Gasteiger partial charge in [0.05, 0.1) is 20.6 Å². The first-order chi connectivity index (χ1) is 17.8. The Morgan fingerprint density at radius 3 is 2.49 bits per heavy atom. The van der Waals surface area contributed by atoms with Crippen LogP contribution in [0.4, 0.5) is 8.78 Å². The number of carbonyl (C=O) groups is 2. The molecule has 0 radical (unpaired) electrons. The molecule has 0 aliphatic heterocycles. The third kappa shape index (κ3) is 8.44. The van der Waals surface area contributed by atoms with Gasteiger partial charge in [0, 0.05) is 12.6 Å². The second kappa shape index (κ2) is 13.6. The molecule has 200 valence electrons. The zero-order chi connectivity index (χ0) is 26.8. The number of aliphatic imine (C=N–C) groups is 1. The predicted octanol–water partition coefficient (Wildman–Crippen LogP) is 3.61. The van der Waals surface area contributed by atoms with Crippen LogP contribution in [0.25, 0.3) is 0 Å². The van der Waals surface area contributed by atoms with Gasteiger partial charge < -0.3 is 20.5 Å². The largest absolute Gasteiger partial charge is 0.497 e. The highest BCUT2D eigenvalue weighted by Crippen LogP contribution is 2.28. The SMILES string of the molecule is COc1ccc(CC(=O)NC(N)=N[C@H](CC2CCCCC2)C(=O)NCc2ccc(F)c(OC)c2)c(F)c1. The molecular formula is C27H34F2N4O4. The van der Waals surface area contributed by atoms with Crippen molar-refractivity contribution in [1.82, 2.24) is 10.6 Å². The maximum atomic E-state index is 14.2. The number of carbonyl (C=O) groups excluding carboxylic acids is 2. The fourth-order valence-electron chi connectivity index (χ4n) is 4.44. The maximum Gasteiger partial charge on any atom is 0.245 e. The van der Waals surface area contributed by atoms with Gasteiger partial charge in [-0.05, 0) is 41.7 Å². The van der Waals surface area contributed by atoms with Gasteiger partial charge in [0.15, 0.2) is 17.5 Å². The van der Waals surface area contributed by atoms with E-state index in [1.807, 2.05) is 0 Å². The minimum Gasteiger partial charge on any atom is -0.497 e. The van der Waals surface area contributed by atoms with Crippen LogP contribution in [0.3, 0.4) is 0 Å². The van der Waals surface area contributed by atoms with E-state index in [-0.39, 0.29) is 36.1 Å². The average molecular weight is 517 g/mol. The van der Waals surface area contributed by atoms with Crippen LogP contribution >= 0.6 is 0 Å². The van der Waals surface area contributed by atoms with Gasteiger partial charge >= 0.3 is 0 Å². The summed E-state index contributed by atoms with van der Waals surface area (Å²) in [6.45, 7) is 0.148. The van der Waals surface area contributed by atoms with E-state index in [1.54, 1.807) is 12.1 Å². The summed E-state index contributed by atoms with van der Waals surface area (Å²) in [5.41, 5.74) is 6.82. The van der Waals surface area contributed by atoms with Crippen molar-refractivity contribution < 1.29 is 27.8 Å². The average Bonchev–Trinajstić information content (AvgIpc) is 2.89. The van der Waals surface area contributed by atoms with Gasteiger partial charge in [0.25, 0.3) is 0 Å². The van der Waals surface area contributed by atoms with Crippen LogP contribution in [0, 0.1) is 17.6 Å². The van der Waals surface area contributed by atoms with E-state index < -0.39 is 23.6 Å². The number of benzene rings is 2. The van der Waals surface area contributed by atoms with E-state index in [1.165, 1.54) is 44.9 Å². The molecular weight excluding hydrogens is 482 g/mol. The molecule has 1 aliphatic carbocycles. The van der Waals surface area contributed by atoms with E-state index in [0.717, 1.165) is 25.7 Å². The molecule has 10 heteroatoms. The van der Waals surface area contributed by atoms with E-state index >= 15 is 0 Å². The lowest BCUT2D eigenvalue weighted by Crippen LogP contribution is -2.42. The Kier molecular flexibility index (Phi) is 10.2. The molecule has 0 unspecified atom stereocenters. The van der Waals surface area contributed by atoms with Crippen molar-refractivity contribution in [1.29, 1.82) is 0 Å². The van der Waals surface area contributed by atoms with Crippen molar-refractivity contribution in [2.45, 2.75) is 57.5 Å². The summed E-state index contributed by atoms with van der Waals surface area (Å²) in [5.74, 6) is -1.43. The molecule has 0 bridgehead atoms. The Bertz CT molecular complexity index is 1120. The van der Waals surface area contributed by atoms with Crippen molar-refractivity contribution in [3.8, 4) is 11.5 Å². The number of methoxy groups -OCH3 is 2. The minimum absolute atomic E-state index is 0.0868. The van der Waals surface area contributed by atoms with Crippen molar-refractivity contribution >= 4 is 17.8 Å². The molecule has 0 heterocycles. The molecule has 37 heavy (non-hydrogen) atoms. The molecule has 0 spiro atoms. The van der Waals surface area contributed by atoms with Crippen LogP contribution in [0.15, 0.2) is 41.4 Å². The second-order valence-corrected chi connectivity index (χ2v) is 9.14. The minimum atomic E-state index is -0.816. The second-order valence-electron chi connectivity index (χ2n) is 9.14. The van der Waals surface area contributed by atoms with E-state index in [9.17, 15) is 18.4 Å². The van der Waals surface area contributed by atoms with Crippen LogP contribution in [0.5, 0.6) is 11.5 Å². The third-order valence-electron chi connectivity index (χ3n) is 6.44. The number of guanidine groups is 1. The monoisotopic (exact) mass is 516 g/mol. The lowest BCUT2D eigenvalue weighted by atomic mass is 9.84. The number of ether oxygens (including phenoxy) is 2. The summed E-state index contributed by atoms with van der Waals surface area (Å²) in [5, 5.41) is 5.28. The normalized spacial score (nSPS) is 15.1. The molecule has 0 saturated heterocycles. The number of nitrogens with one attached hydrogen (secondary N) is 2. The highest BCUT2D eigenvalue weighted by molar-refractivity contribution is 5.98. The van der Waals surface area contributed by atoms with E-state index in [2.05, 4.69) is 15.6 Å². The van der Waals surface area contributed by atoms with Crippen LogP contribution in [-0.4, -0.2) is 38.0 Å². The highest BCUT2D eigenvalue weighted by Gasteiger charge is 2.25. The van der Waals surface area contributed by atoms with Gasteiger partial charge in [-0.1, -0.05) is 44.2 Å². The van der Waals surface area contributed by atoms with E-state index in [0.29, 0.717) is 23.7 Å². The summed E-state index contributed by atoms with van der Waals surface area (Å²) in [4.78, 5) is 29.8. The number of halogens is 2. The van der Waals surface area contributed by atoms with Crippen molar-refractivity contribution in [3.05, 3.63) is 59.2 Å². The number of nitrogens with zero attached hydrogens (tertiary/aromatic N) is 1. The van der Waals surface area contributed by atoms with Crippen LogP contribution < -0.4 is 25.8 Å². The number of hydrogen-bond donors (Lipinski definition) is 3. The molecule has 1 fully saturated rings. The Morgan fingerprint density at radius 1 is 1.05 bits per heavy atom. The first kappa shape index (κ1) is 27.9. The van der Waals surface area contributed by atoms with Crippen LogP contribution in [0.2, 0.25) is 0 Å². The van der Waals surface area contributed by atoms with Gasteiger partial charge in [-0.2, -0.15) is 0 Å². The fraction of sp³-hybridized carbons (Fsp3) is 0.444. The molecule has 3 rings (SSSR count). The summed E-state index contributed by atoms with van der Waals surface area (Å²) in [6.07, 6.45) is 5.59.